The molecule has 0 spiro atoms. The van der Waals surface area contributed by atoms with Crippen molar-refractivity contribution < 1.29 is 4.79 Å². The van der Waals surface area contributed by atoms with Crippen molar-refractivity contribution in [3.05, 3.63) is 102 Å². The van der Waals surface area contributed by atoms with Gasteiger partial charge in [0.05, 0.1) is 0 Å². The maximum atomic E-state index is 13.0. The van der Waals surface area contributed by atoms with Gasteiger partial charge in [-0.1, -0.05) is 106 Å². The monoisotopic (exact) mass is 423 g/mol. The standard InChI is InChI=1S/C30H33NO/c1-30(2,3)29(32)27-21-28(31(22-27)19-18-23-10-6-4-7-11-23)20-24-14-16-26(17-15-24)25-12-8-5-9-13-25/h4-19,27-28H,20-22H2,1-3H3/b19-18+/t27-,28?/m0/s1. The lowest BCUT2D eigenvalue weighted by molar-refractivity contribution is -0.129. The average molecular weight is 424 g/mol. The van der Waals surface area contributed by atoms with E-state index in [2.05, 4.69) is 90.0 Å². The molecule has 3 aromatic carbocycles. The predicted molar refractivity (Wildman–Crippen MR) is 134 cm³/mol. The molecule has 32 heavy (non-hydrogen) atoms. The van der Waals surface area contributed by atoms with Crippen LogP contribution in [0.15, 0.2) is 91.1 Å². The second-order valence-electron chi connectivity index (χ2n) is 9.89. The average Bonchev–Trinajstić information content (AvgIpc) is 3.20. The van der Waals surface area contributed by atoms with Crippen LogP contribution in [0.4, 0.5) is 0 Å². The molecule has 2 nitrogen and oxygen atoms in total. The van der Waals surface area contributed by atoms with Gasteiger partial charge in [-0.25, -0.2) is 0 Å². The molecule has 0 saturated carbocycles. The molecule has 4 rings (SSSR count). The van der Waals surface area contributed by atoms with Crippen LogP contribution in [0.5, 0.6) is 0 Å². The van der Waals surface area contributed by atoms with Crippen molar-refractivity contribution in [3.63, 3.8) is 0 Å². The van der Waals surface area contributed by atoms with Crippen LogP contribution in [0.2, 0.25) is 0 Å². The van der Waals surface area contributed by atoms with Crippen molar-refractivity contribution in [2.24, 2.45) is 11.3 Å². The molecule has 0 radical (unpaired) electrons. The molecule has 0 N–H and O–H groups in total. The number of Topliss-reactive ketones (excluding diaryl/α,β-unsaturated/α-hetero) is 1. The molecular formula is C30H33NO. The van der Waals surface area contributed by atoms with Crippen molar-refractivity contribution in [2.45, 2.75) is 39.7 Å². The summed E-state index contributed by atoms with van der Waals surface area (Å²) in [5.74, 6) is 0.460. The number of carbonyl (C=O) groups excluding carboxylic acids is 1. The molecule has 164 valence electrons. The number of nitrogens with zero attached hydrogens (tertiary/aromatic N) is 1. The summed E-state index contributed by atoms with van der Waals surface area (Å²) in [5.41, 5.74) is 4.68. The van der Waals surface area contributed by atoms with Gasteiger partial charge in [-0.3, -0.25) is 4.79 Å². The van der Waals surface area contributed by atoms with Gasteiger partial charge in [0, 0.05) is 23.9 Å². The SMILES string of the molecule is CC(C)(C)C(=O)[C@H]1CC(Cc2ccc(-c3ccccc3)cc2)N(/C=C/c2ccccc2)C1. The molecule has 1 aliphatic heterocycles. The molecule has 0 bridgehead atoms. The van der Waals surface area contributed by atoms with Crippen LogP contribution >= 0.6 is 0 Å². The molecule has 1 fully saturated rings. The highest BCUT2D eigenvalue weighted by Crippen LogP contribution is 2.33. The Bertz CT molecular complexity index is 1050. The van der Waals surface area contributed by atoms with Crippen LogP contribution in [0, 0.1) is 11.3 Å². The highest BCUT2D eigenvalue weighted by Gasteiger charge is 2.38. The van der Waals surface area contributed by atoms with Gasteiger partial charge in [-0.2, -0.15) is 0 Å². The van der Waals surface area contributed by atoms with Crippen molar-refractivity contribution in [1.82, 2.24) is 4.90 Å². The summed E-state index contributed by atoms with van der Waals surface area (Å²) in [4.78, 5) is 15.4. The highest BCUT2D eigenvalue weighted by molar-refractivity contribution is 5.86. The van der Waals surface area contributed by atoms with E-state index < -0.39 is 0 Å². The van der Waals surface area contributed by atoms with Gasteiger partial charge in [0.15, 0.2) is 0 Å². The lowest BCUT2D eigenvalue weighted by atomic mass is 9.82. The van der Waals surface area contributed by atoms with Crippen LogP contribution < -0.4 is 0 Å². The van der Waals surface area contributed by atoms with E-state index in [1.807, 2.05) is 32.9 Å². The Morgan fingerprint density at radius 3 is 2.09 bits per heavy atom. The van der Waals surface area contributed by atoms with E-state index >= 15 is 0 Å². The maximum Gasteiger partial charge on any atom is 0.143 e. The van der Waals surface area contributed by atoms with Gasteiger partial charge in [0.25, 0.3) is 0 Å². The molecule has 1 heterocycles. The zero-order chi connectivity index (χ0) is 22.6. The summed E-state index contributed by atoms with van der Waals surface area (Å²) in [7, 11) is 0. The summed E-state index contributed by atoms with van der Waals surface area (Å²) in [6.45, 7) is 6.91. The van der Waals surface area contributed by atoms with Gasteiger partial charge in [-0.05, 0) is 47.4 Å². The Morgan fingerprint density at radius 2 is 1.47 bits per heavy atom. The molecule has 0 aromatic heterocycles. The second kappa shape index (κ2) is 9.56. The molecule has 0 aliphatic carbocycles. The molecule has 2 atom stereocenters. The summed E-state index contributed by atoms with van der Waals surface area (Å²) >= 11 is 0. The topological polar surface area (TPSA) is 20.3 Å². The highest BCUT2D eigenvalue weighted by atomic mass is 16.1. The minimum Gasteiger partial charge on any atom is -0.373 e. The zero-order valence-corrected chi connectivity index (χ0v) is 19.4. The van der Waals surface area contributed by atoms with Crippen molar-refractivity contribution in [1.29, 1.82) is 0 Å². The third-order valence-corrected chi connectivity index (χ3v) is 6.36. The number of carbonyl (C=O) groups is 1. The molecule has 1 unspecified atom stereocenters. The van der Waals surface area contributed by atoms with Crippen LogP contribution in [-0.2, 0) is 11.2 Å². The van der Waals surface area contributed by atoms with E-state index in [4.69, 9.17) is 0 Å². The largest absolute Gasteiger partial charge is 0.373 e. The molecule has 2 heteroatoms. The zero-order valence-electron chi connectivity index (χ0n) is 19.4. The van der Waals surface area contributed by atoms with Crippen LogP contribution in [0.3, 0.4) is 0 Å². The van der Waals surface area contributed by atoms with Gasteiger partial charge in [-0.15, -0.1) is 0 Å². The third kappa shape index (κ3) is 5.37. The predicted octanol–water partition coefficient (Wildman–Crippen LogP) is 6.87. The molecule has 1 saturated heterocycles. The van der Waals surface area contributed by atoms with Crippen molar-refractivity contribution in [3.8, 4) is 11.1 Å². The molecule has 0 amide bonds. The summed E-state index contributed by atoms with van der Waals surface area (Å²) in [6, 6.07) is 30.1. The van der Waals surface area contributed by atoms with E-state index in [-0.39, 0.29) is 11.3 Å². The van der Waals surface area contributed by atoms with Crippen molar-refractivity contribution >= 4 is 11.9 Å². The Morgan fingerprint density at radius 1 is 0.875 bits per heavy atom. The number of hydrogen-bond acceptors (Lipinski definition) is 2. The van der Waals surface area contributed by atoms with E-state index in [1.165, 1.54) is 22.3 Å². The second-order valence-corrected chi connectivity index (χ2v) is 9.89. The number of likely N-dealkylation sites (tertiary alicyclic amines) is 1. The van der Waals surface area contributed by atoms with E-state index in [0.717, 1.165) is 19.4 Å². The van der Waals surface area contributed by atoms with Crippen LogP contribution in [0.1, 0.15) is 38.3 Å². The first-order valence-corrected chi connectivity index (χ1v) is 11.6. The Labute approximate surface area is 192 Å². The fourth-order valence-electron chi connectivity index (χ4n) is 4.61. The van der Waals surface area contributed by atoms with Crippen LogP contribution in [-0.4, -0.2) is 23.3 Å². The first-order valence-electron chi connectivity index (χ1n) is 11.6. The normalized spacial score (nSPS) is 18.9. The quantitative estimate of drug-likeness (QED) is 0.431. The fraction of sp³-hybridized carbons (Fsp3) is 0.300. The maximum absolute atomic E-state index is 13.0. The molecule has 1 aliphatic rings. The van der Waals surface area contributed by atoms with Gasteiger partial charge in [0.2, 0.25) is 0 Å². The fourth-order valence-corrected chi connectivity index (χ4v) is 4.61. The number of ketones is 1. The van der Waals surface area contributed by atoms with E-state index in [0.29, 0.717) is 11.8 Å². The lowest BCUT2D eigenvalue weighted by Crippen LogP contribution is -2.30. The number of rotatable bonds is 6. The first-order chi connectivity index (χ1) is 15.4. The number of hydrogen-bond donors (Lipinski definition) is 0. The van der Waals surface area contributed by atoms with Gasteiger partial charge >= 0.3 is 0 Å². The molecular weight excluding hydrogens is 390 g/mol. The Balaban J connectivity index is 1.52. The Kier molecular flexibility index (Phi) is 6.60. The lowest BCUT2D eigenvalue weighted by Gasteiger charge is -2.23. The summed E-state index contributed by atoms with van der Waals surface area (Å²) in [5, 5.41) is 0. The Hall–Kier alpha value is -3.13. The van der Waals surface area contributed by atoms with Crippen molar-refractivity contribution in [2.75, 3.05) is 6.54 Å². The minimum absolute atomic E-state index is 0.0871. The van der Waals surface area contributed by atoms with E-state index in [9.17, 15) is 4.79 Å². The molecule has 3 aromatic rings. The number of benzene rings is 3. The minimum atomic E-state index is -0.300. The summed E-state index contributed by atoms with van der Waals surface area (Å²) < 4.78 is 0. The van der Waals surface area contributed by atoms with Gasteiger partial charge < -0.3 is 4.90 Å². The third-order valence-electron chi connectivity index (χ3n) is 6.36. The first kappa shape index (κ1) is 22.1. The summed E-state index contributed by atoms with van der Waals surface area (Å²) in [6.07, 6.45) is 6.21. The van der Waals surface area contributed by atoms with Gasteiger partial charge in [0.1, 0.15) is 5.78 Å². The van der Waals surface area contributed by atoms with E-state index in [1.54, 1.807) is 0 Å². The smallest absolute Gasteiger partial charge is 0.143 e. The van der Waals surface area contributed by atoms with Crippen LogP contribution in [0.25, 0.3) is 17.2 Å².